The van der Waals surface area contributed by atoms with E-state index < -0.39 is 17.6 Å². The Balaban J connectivity index is 1.71. The highest BCUT2D eigenvalue weighted by atomic mass is 19.2. The topological polar surface area (TPSA) is 75.6 Å². The molecule has 0 radical (unpaired) electrons. The molecule has 2 N–H and O–H groups in total. The van der Waals surface area contributed by atoms with E-state index in [9.17, 15) is 18.4 Å². The lowest BCUT2D eigenvalue weighted by Gasteiger charge is -2.08. The number of benzene rings is 2. The van der Waals surface area contributed by atoms with Gasteiger partial charge in [-0.05, 0) is 42.2 Å². The van der Waals surface area contributed by atoms with Gasteiger partial charge in [-0.25, -0.2) is 8.78 Å². The van der Waals surface area contributed by atoms with Crippen molar-refractivity contribution in [2.24, 2.45) is 0 Å². The van der Waals surface area contributed by atoms with Crippen molar-refractivity contribution in [2.45, 2.75) is 32.2 Å². The fourth-order valence-corrected chi connectivity index (χ4v) is 2.40. The van der Waals surface area contributed by atoms with Crippen molar-refractivity contribution in [3.05, 3.63) is 65.2 Å². The summed E-state index contributed by atoms with van der Waals surface area (Å²) < 4.78 is 32.1. The van der Waals surface area contributed by atoms with Crippen LogP contribution >= 0.6 is 0 Å². The standard InChI is InChI=1S/C20H21F2NO4/c21-17-4-1-3-15(20(17)22)8-11-18(24)23-13-14-6-9-16(10-7-14)27-12-2-5-19(25)26/h1,3-4,6-7,9-10H,2,5,8,11-13H2,(H,23,24)(H,25,26). The summed E-state index contributed by atoms with van der Waals surface area (Å²) in [6, 6.07) is 11.0. The molecule has 2 rings (SSSR count). The third-order valence-corrected chi connectivity index (χ3v) is 3.87. The maximum atomic E-state index is 13.5. The summed E-state index contributed by atoms with van der Waals surface area (Å²) in [6.07, 6.45) is 0.673. The molecular weight excluding hydrogens is 356 g/mol. The molecule has 0 spiro atoms. The van der Waals surface area contributed by atoms with Crippen LogP contribution in [0.4, 0.5) is 8.78 Å². The van der Waals surface area contributed by atoms with Crippen molar-refractivity contribution < 1.29 is 28.2 Å². The van der Waals surface area contributed by atoms with E-state index in [1.807, 2.05) is 0 Å². The summed E-state index contributed by atoms with van der Waals surface area (Å²) >= 11 is 0. The number of ether oxygens (including phenoxy) is 1. The van der Waals surface area contributed by atoms with Crippen LogP contribution in [0, 0.1) is 11.6 Å². The van der Waals surface area contributed by atoms with Crippen molar-refractivity contribution in [1.82, 2.24) is 5.32 Å². The molecule has 0 aromatic heterocycles. The average Bonchev–Trinajstić information content (AvgIpc) is 2.65. The maximum Gasteiger partial charge on any atom is 0.303 e. The molecule has 0 aliphatic heterocycles. The Hall–Kier alpha value is -2.96. The average molecular weight is 377 g/mol. The quantitative estimate of drug-likeness (QED) is 0.622. The molecule has 0 fully saturated rings. The zero-order chi connectivity index (χ0) is 19.6. The van der Waals surface area contributed by atoms with E-state index in [0.29, 0.717) is 25.3 Å². The van der Waals surface area contributed by atoms with E-state index in [1.165, 1.54) is 12.1 Å². The predicted octanol–water partition coefficient (Wildman–Crippen LogP) is 3.46. The zero-order valence-corrected chi connectivity index (χ0v) is 14.7. The Morgan fingerprint density at radius 2 is 1.78 bits per heavy atom. The number of nitrogens with one attached hydrogen (secondary N) is 1. The number of carboxylic acid groups (broad SMARTS) is 1. The predicted molar refractivity (Wildman–Crippen MR) is 95.3 cm³/mol. The molecule has 0 aliphatic rings. The van der Waals surface area contributed by atoms with Gasteiger partial charge in [0.1, 0.15) is 5.75 Å². The number of carbonyl (C=O) groups excluding carboxylic acids is 1. The summed E-state index contributed by atoms with van der Waals surface area (Å²) in [4.78, 5) is 22.3. The minimum atomic E-state index is -0.918. The lowest BCUT2D eigenvalue weighted by Crippen LogP contribution is -2.23. The second-order valence-corrected chi connectivity index (χ2v) is 5.98. The molecule has 7 heteroatoms. The highest BCUT2D eigenvalue weighted by Gasteiger charge is 2.09. The Kier molecular flexibility index (Phi) is 7.73. The lowest BCUT2D eigenvalue weighted by molar-refractivity contribution is -0.137. The van der Waals surface area contributed by atoms with E-state index in [0.717, 1.165) is 11.6 Å². The molecule has 1 amide bonds. The Labute approximate surface area is 156 Å². The smallest absolute Gasteiger partial charge is 0.303 e. The monoisotopic (exact) mass is 377 g/mol. The van der Waals surface area contributed by atoms with Crippen LogP contribution in [0.1, 0.15) is 30.4 Å². The third kappa shape index (κ3) is 7.05. The van der Waals surface area contributed by atoms with Gasteiger partial charge in [-0.3, -0.25) is 9.59 Å². The first-order chi connectivity index (χ1) is 13.0. The van der Waals surface area contributed by atoms with Crippen LogP contribution in [0.3, 0.4) is 0 Å². The van der Waals surface area contributed by atoms with Crippen molar-refractivity contribution in [3.8, 4) is 5.75 Å². The van der Waals surface area contributed by atoms with Gasteiger partial charge in [0.25, 0.3) is 0 Å². The summed E-state index contributed by atoms with van der Waals surface area (Å²) in [7, 11) is 0. The molecule has 144 valence electrons. The van der Waals surface area contributed by atoms with E-state index in [-0.39, 0.29) is 30.7 Å². The van der Waals surface area contributed by atoms with Gasteiger partial charge >= 0.3 is 5.97 Å². The number of aryl methyl sites for hydroxylation is 1. The molecule has 0 heterocycles. The van der Waals surface area contributed by atoms with Gasteiger partial charge in [0.2, 0.25) is 5.91 Å². The minimum absolute atomic E-state index is 0.0592. The van der Waals surface area contributed by atoms with Crippen molar-refractivity contribution in [1.29, 1.82) is 0 Å². The summed E-state index contributed by atoms with van der Waals surface area (Å²) in [5.74, 6) is -2.32. The van der Waals surface area contributed by atoms with E-state index in [4.69, 9.17) is 9.84 Å². The van der Waals surface area contributed by atoms with Crippen molar-refractivity contribution >= 4 is 11.9 Å². The number of aliphatic carboxylic acids is 1. The second-order valence-electron chi connectivity index (χ2n) is 5.98. The van der Waals surface area contributed by atoms with Crippen LogP contribution in [0.25, 0.3) is 0 Å². The number of hydrogen-bond donors (Lipinski definition) is 2. The number of rotatable bonds is 10. The normalized spacial score (nSPS) is 10.4. The van der Waals surface area contributed by atoms with Crippen molar-refractivity contribution in [2.75, 3.05) is 6.61 Å². The van der Waals surface area contributed by atoms with Crippen LogP contribution in [0.15, 0.2) is 42.5 Å². The number of halogens is 2. The molecule has 0 saturated heterocycles. The van der Waals surface area contributed by atoms with Crippen LogP contribution in [0.2, 0.25) is 0 Å². The van der Waals surface area contributed by atoms with Gasteiger partial charge in [-0.2, -0.15) is 0 Å². The molecule has 2 aromatic carbocycles. The third-order valence-electron chi connectivity index (χ3n) is 3.87. The number of hydrogen-bond acceptors (Lipinski definition) is 3. The molecular formula is C20H21F2NO4. The highest BCUT2D eigenvalue weighted by molar-refractivity contribution is 5.76. The molecule has 27 heavy (non-hydrogen) atoms. The Morgan fingerprint density at radius 3 is 2.48 bits per heavy atom. The molecule has 0 bridgehead atoms. The van der Waals surface area contributed by atoms with Gasteiger partial charge < -0.3 is 15.2 Å². The molecule has 0 saturated carbocycles. The summed E-state index contributed by atoms with van der Waals surface area (Å²) in [6.45, 7) is 0.628. The van der Waals surface area contributed by atoms with E-state index >= 15 is 0 Å². The summed E-state index contributed by atoms with van der Waals surface area (Å²) in [5.41, 5.74) is 1.03. The van der Waals surface area contributed by atoms with Gasteiger partial charge in [0.05, 0.1) is 6.61 Å². The molecule has 0 unspecified atom stereocenters. The zero-order valence-electron chi connectivity index (χ0n) is 14.7. The molecule has 2 aromatic rings. The van der Waals surface area contributed by atoms with E-state index in [2.05, 4.69) is 5.32 Å². The number of amides is 1. The maximum absolute atomic E-state index is 13.5. The largest absolute Gasteiger partial charge is 0.494 e. The van der Waals surface area contributed by atoms with Crippen LogP contribution < -0.4 is 10.1 Å². The highest BCUT2D eigenvalue weighted by Crippen LogP contribution is 2.14. The Morgan fingerprint density at radius 1 is 1.04 bits per heavy atom. The minimum Gasteiger partial charge on any atom is -0.494 e. The molecule has 5 nitrogen and oxygen atoms in total. The number of carbonyl (C=O) groups is 2. The van der Waals surface area contributed by atoms with Crippen molar-refractivity contribution in [3.63, 3.8) is 0 Å². The van der Waals surface area contributed by atoms with Crippen LogP contribution in [-0.4, -0.2) is 23.6 Å². The molecule has 0 atom stereocenters. The van der Waals surface area contributed by atoms with Gasteiger partial charge in [0, 0.05) is 19.4 Å². The fraction of sp³-hybridized carbons (Fsp3) is 0.300. The van der Waals surface area contributed by atoms with E-state index in [1.54, 1.807) is 24.3 Å². The van der Waals surface area contributed by atoms with Gasteiger partial charge in [-0.15, -0.1) is 0 Å². The van der Waals surface area contributed by atoms with Gasteiger partial charge in [-0.1, -0.05) is 24.3 Å². The van der Waals surface area contributed by atoms with Crippen LogP contribution in [0.5, 0.6) is 5.75 Å². The fourth-order valence-electron chi connectivity index (χ4n) is 2.40. The first-order valence-corrected chi connectivity index (χ1v) is 8.59. The Bertz CT molecular complexity index is 778. The number of carboxylic acids is 1. The summed E-state index contributed by atoms with van der Waals surface area (Å²) in [5, 5.41) is 11.3. The SMILES string of the molecule is O=C(O)CCCOc1ccc(CNC(=O)CCc2cccc(F)c2F)cc1. The first kappa shape index (κ1) is 20.4. The second kappa shape index (κ2) is 10.3. The first-order valence-electron chi connectivity index (χ1n) is 8.59. The lowest BCUT2D eigenvalue weighted by atomic mass is 10.1. The van der Waals surface area contributed by atoms with Crippen LogP contribution in [-0.2, 0) is 22.6 Å². The molecule has 0 aliphatic carbocycles. The van der Waals surface area contributed by atoms with Gasteiger partial charge in [0.15, 0.2) is 11.6 Å².